The van der Waals surface area contributed by atoms with Crippen molar-refractivity contribution in [3.8, 4) is 0 Å². The summed E-state index contributed by atoms with van der Waals surface area (Å²) in [6.07, 6.45) is 1.12. The summed E-state index contributed by atoms with van der Waals surface area (Å²) in [4.78, 5) is 11.2. The lowest BCUT2D eigenvalue weighted by atomic mass is 10.2. The molecule has 66 valence electrons. The molecule has 0 unspecified atom stereocenters. The van der Waals surface area contributed by atoms with Gasteiger partial charge in [0.25, 0.3) is 0 Å². The van der Waals surface area contributed by atoms with Gasteiger partial charge in [0.05, 0.1) is 22.1 Å². The van der Waals surface area contributed by atoms with Gasteiger partial charge >= 0.3 is 0 Å². The first-order valence-electron chi connectivity index (χ1n) is 3.51. The third-order valence-corrected chi connectivity index (χ3v) is 1.98. The zero-order valence-electron chi connectivity index (χ0n) is 6.34. The van der Waals surface area contributed by atoms with Crippen molar-refractivity contribution in [2.45, 2.75) is 0 Å². The highest BCUT2D eigenvalue weighted by molar-refractivity contribution is 6.31. The van der Waals surface area contributed by atoms with Crippen LogP contribution in [0.3, 0.4) is 0 Å². The van der Waals surface area contributed by atoms with E-state index in [2.05, 4.69) is 10.2 Å². The maximum absolute atomic E-state index is 12.9. The van der Waals surface area contributed by atoms with E-state index in [9.17, 15) is 9.18 Å². The van der Waals surface area contributed by atoms with Gasteiger partial charge in [-0.15, -0.1) is 0 Å². The zero-order chi connectivity index (χ0) is 9.42. The quantitative estimate of drug-likeness (QED) is 0.701. The largest absolute Gasteiger partial charge is 0.287 e. The number of fused-ring (bicyclic) bond motifs is 1. The normalized spacial score (nSPS) is 10.6. The minimum atomic E-state index is -0.571. The second kappa shape index (κ2) is 2.81. The molecule has 0 aliphatic carbocycles. The van der Waals surface area contributed by atoms with E-state index < -0.39 is 5.82 Å². The molecule has 0 saturated carbocycles. The zero-order valence-corrected chi connectivity index (χ0v) is 7.10. The Bertz CT molecular complexity index is 523. The van der Waals surface area contributed by atoms with E-state index >= 15 is 0 Å². The van der Waals surface area contributed by atoms with Gasteiger partial charge in [-0.1, -0.05) is 11.6 Å². The summed E-state index contributed by atoms with van der Waals surface area (Å²) in [5.41, 5.74) is 0.0602. The molecule has 0 saturated heterocycles. The van der Waals surface area contributed by atoms with E-state index in [1.165, 1.54) is 6.07 Å². The smallest absolute Gasteiger partial charge is 0.207 e. The fourth-order valence-corrected chi connectivity index (χ4v) is 1.24. The van der Waals surface area contributed by atoms with E-state index in [0.29, 0.717) is 10.9 Å². The molecule has 13 heavy (non-hydrogen) atoms. The van der Waals surface area contributed by atoms with E-state index in [-0.39, 0.29) is 10.5 Å². The molecule has 1 N–H and O–H groups in total. The average molecular weight is 199 g/mol. The van der Waals surface area contributed by atoms with Crippen molar-refractivity contribution in [2.24, 2.45) is 0 Å². The fourth-order valence-electron chi connectivity index (χ4n) is 1.07. The molecule has 0 radical (unpaired) electrons. The van der Waals surface area contributed by atoms with Crippen LogP contribution >= 0.6 is 11.6 Å². The lowest BCUT2D eigenvalue weighted by Gasteiger charge is -1.97. The Morgan fingerprint density at radius 1 is 1.46 bits per heavy atom. The van der Waals surface area contributed by atoms with Crippen molar-refractivity contribution in [1.82, 2.24) is 10.2 Å². The standard InChI is InChI=1S/C8H4ClFN2O/c9-5-1-4-7(2-6(5)10)12-11-3-8(4)13/h1-3H,(H,12,13). The maximum Gasteiger partial charge on any atom is 0.207 e. The minimum Gasteiger partial charge on any atom is -0.287 e. The van der Waals surface area contributed by atoms with Crippen LogP contribution in [0.1, 0.15) is 0 Å². The molecule has 0 atom stereocenters. The third kappa shape index (κ3) is 1.29. The van der Waals surface area contributed by atoms with Crippen LogP contribution in [0.2, 0.25) is 5.02 Å². The Labute approximate surface area is 77.2 Å². The van der Waals surface area contributed by atoms with Crippen LogP contribution in [0.5, 0.6) is 0 Å². The van der Waals surface area contributed by atoms with E-state index in [4.69, 9.17) is 11.6 Å². The lowest BCUT2D eigenvalue weighted by Crippen LogP contribution is -2.03. The highest BCUT2D eigenvalue weighted by Gasteiger charge is 2.04. The Hall–Kier alpha value is -1.42. The molecular formula is C8H4ClFN2O. The summed E-state index contributed by atoms with van der Waals surface area (Å²) in [6, 6.07) is 2.43. The number of hydrogen-bond acceptors (Lipinski definition) is 2. The van der Waals surface area contributed by atoms with Gasteiger partial charge in [-0.25, -0.2) is 4.39 Å². The number of aromatic amines is 1. The predicted octanol–water partition coefficient (Wildman–Crippen LogP) is 1.72. The van der Waals surface area contributed by atoms with E-state index in [1.807, 2.05) is 0 Å². The van der Waals surface area contributed by atoms with Gasteiger partial charge in [-0.3, -0.25) is 9.89 Å². The van der Waals surface area contributed by atoms with Gasteiger partial charge < -0.3 is 0 Å². The van der Waals surface area contributed by atoms with Crippen molar-refractivity contribution < 1.29 is 4.39 Å². The Morgan fingerprint density at radius 2 is 2.23 bits per heavy atom. The number of nitrogens with zero attached hydrogens (tertiary/aromatic N) is 1. The topological polar surface area (TPSA) is 45.8 Å². The van der Waals surface area contributed by atoms with Crippen LogP contribution in [-0.4, -0.2) is 10.2 Å². The maximum atomic E-state index is 12.9. The van der Waals surface area contributed by atoms with E-state index in [1.54, 1.807) is 0 Å². The Balaban J connectivity index is 2.97. The van der Waals surface area contributed by atoms with Crippen LogP contribution in [0.4, 0.5) is 4.39 Å². The Kier molecular flexibility index (Phi) is 1.77. The molecule has 0 bridgehead atoms. The molecule has 0 aliphatic heterocycles. The van der Waals surface area contributed by atoms with Gasteiger partial charge in [0, 0.05) is 6.07 Å². The predicted molar refractivity (Wildman–Crippen MR) is 47.3 cm³/mol. The summed E-state index contributed by atoms with van der Waals surface area (Å²) >= 11 is 5.51. The first-order chi connectivity index (χ1) is 6.18. The number of rotatable bonds is 0. The van der Waals surface area contributed by atoms with Gasteiger partial charge in [-0.2, -0.15) is 5.10 Å². The summed E-state index contributed by atoms with van der Waals surface area (Å²) in [7, 11) is 0. The van der Waals surface area contributed by atoms with Gasteiger partial charge in [-0.05, 0) is 6.07 Å². The van der Waals surface area contributed by atoms with Crippen LogP contribution in [-0.2, 0) is 0 Å². The van der Waals surface area contributed by atoms with Crippen LogP contribution in [0, 0.1) is 5.82 Å². The molecule has 1 heterocycles. The second-order valence-electron chi connectivity index (χ2n) is 2.55. The van der Waals surface area contributed by atoms with Crippen molar-refractivity contribution in [2.75, 3.05) is 0 Å². The molecule has 0 spiro atoms. The van der Waals surface area contributed by atoms with Crippen LogP contribution in [0.15, 0.2) is 23.1 Å². The fraction of sp³-hybridized carbons (Fsp3) is 0. The highest BCUT2D eigenvalue weighted by Crippen LogP contribution is 2.18. The summed E-state index contributed by atoms with van der Waals surface area (Å²) in [6.45, 7) is 0. The van der Waals surface area contributed by atoms with Crippen molar-refractivity contribution >= 4 is 22.5 Å². The minimum absolute atomic E-state index is 0.0656. The van der Waals surface area contributed by atoms with Crippen molar-refractivity contribution in [3.63, 3.8) is 0 Å². The molecular weight excluding hydrogens is 195 g/mol. The number of aromatic nitrogens is 2. The van der Waals surface area contributed by atoms with Gasteiger partial charge in [0.2, 0.25) is 5.43 Å². The molecule has 0 aliphatic rings. The number of halogens is 2. The average Bonchev–Trinajstić information content (AvgIpc) is 2.09. The number of H-pyrrole nitrogens is 1. The SMILES string of the molecule is O=c1cn[nH]c2cc(F)c(Cl)cc12. The molecule has 2 rings (SSSR count). The van der Waals surface area contributed by atoms with E-state index in [0.717, 1.165) is 12.3 Å². The monoisotopic (exact) mass is 198 g/mol. The summed E-state index contributed by atoms with van der Waals surface area (Å²) in [5.74, 6) is -0.571. The number of hydrogen-bond donors (Lipinski definition) is 1. The van der Waals surface area contributed by atoms with Crippen LogP contribution < -0.4 is 5.43 Å². The first-order valence-corrected chi connectivity index (χ1v) is 3.89. The van der Waals surface area contributed by atoms with Gasteiger partial charge in [0.1, 0.15) is 5.82 Å². The molecule has 1 aromatic heterocycles. The molecule has 2 aromatic rings. The first kappa shape index (κ1) is 8.19. The second-order valence-corrected chi connectivity index (χ2v) is 2.95. The highest BCUT2D eigenvalue weighted by atomic mass is 35.5. The molecule has 0 amide bonds. The lowest BCUT2D eigenvalue weighted by molar-refractivity contribution is 0.629. The molecule has 1 aromatic carbocycles. The number of benzene rings is 1. The summed E-state index contributed by atoms with van der Waals surface area (Å²) in [5, 5.41) is 6.32. The van der Waals surface area contributed by atoms with Crippen LogP contribution in [0.25, 0.3) is 10.9 Å². The molecule has 0 fully saturated rings. The Morgan fingerprint density at radius 3 is 3.00 bits per heavy atom. The third-order valence-electron chi connectivity index (χ3n) is 1.69. The summed E-state index contributed by atoms with van der Waals surface area (Å²) < 4.78 is 12.9. The van der Waals surface area contributed by atoms with Crippen molar-refractivity contribution in [3.05, 3.63) is 39.4 Å². The number of nitrogens with one attached hydrogen (secondary N) is 1. The molecule has 3 nitrogen and oxygen atoms in total. The van der Waals surface area contributed by atoms with Crippen molar-refractivity contribution in [1.29, 1.82) is 0 Å². The molecule has 5 heteroatoms. The van der Waals surface area contributed by atoms with Gasteiger partial charge in [0.15, 0.2) is 0 Å².